The molecule has 0 unspecified atom stereocenters. The van der Waals surface area contributed by atoms with E-state index in [1.807, 2.05) is 22.9 Å². The minimum absolute atomic E-state index is 0.0291. The summed E-state index contributed by atoms with van der Waals surface area (Å²) < 4.78 is 0. The second-order valence-corrected chi connectivity index (χ2v) is 8.60. The van der Waals surface area contributed by atoms with Crippen molar-refractivity contribution in [2.45, 2.75) is 52.9 Å². The summed E-state index contributed by atoms with van der Waals surface area (Å²) >= 11 is 1.58. The predicted octanol–water partition coefficient (Wildman–Crippen LogP) is 5.52. The average molecular weight is 441 g/mol. The molecule has 31 heavy (non-hydrogen) atoms. The molecule has 0 atom stereocenters. The molecule has 1 aliphatic rings. The third kappa shape index (κ3) is 5.25. The molecule has 1 aliphatic carbocycles. The zero-order valence-corrected chi connectivity index (χ0v) is 19.5. The number of nitrogens with zero attached hydrogens (tertiary/aromatic N) is 2. The van der Waals surface area contributed by atoms with Gasteiger partial charge in [-0.2, -0.15) is 11.3 Å². The van der Waals surface area contributed by atoms with Gasteiger partial charge in [0, 0.05) is 11.8 Å². The van der Waals surface area contributed by atoms with Crippen LogP contribution in [0.25, 0.3) is 10.9 Å². The first-order valence-corrected chi connectivity index (χ1v) is 12.1. The number of rotatable bonds is 6. The minimum Gasteiger partial charge on any atom is -0.505 e. The van der Waals surface area contributed by atoms with Crippen molar-refractivity contribution in [3.8, 4) is 5.75 Å². The number of benzene rings is 1. The van der Waals surface area contributed by atoms with Gasteiger partial charge in [-0.3, -0.25) is 0 Å². The van der Waals surface area contributed by atoms with Gasteiger partial charge in [0.15, 0.2) is 5.75 Å². The summed E-state index contributed by atoms with van der Waals surface area (Å²) in [4.78, 5) is 18.8. The van der Waals surface area contributed by atoms with Gasteiger partial charge in [-0.1, -0.05) is 32.9 Å². The van der Waals surface area contributed by atoms with Gasteiger partial charge < -0.3 is 15.1 Å². The third-order valence-corrected chi connectivity index (χ3v) is 6.77. The molecule has 0 fully saturated rings. The quantitative estimate of drug-likeness (QED) is 0.528. The molecule has 6 heteroatoms. The minimum atomic E-state index is -1.11. The van der Waals surface area contributed by atoms with Crippen molar-refractivity contribution in [2.75, 3.05) is 19.6 Å². The largest absolute Gasteiger partial charge is 0.505 e. The Morgan fingerprint density at radius 3 is 2.39 bits per heavy atom. The fourth-order valence-electron chi connectivity index (χ4n) is 4.19. The van der Waals surface area contributed by atoms with Crippen molar-refractivity contribution in [1.29, 1.82) is 0 Å². The Hall–Kier alpha value is -2.44. The van der Waals surface area contributed by atoms with Crippen molar-refractivity contribution in [3.63, 3.8) is 0 Å². The Morgan fingerprint density at radius 2 is 1.81 bits per heavy atom. The summed E-state index contributed by atoms with van der Waals surface area (Å²) in [6.07, 6.45) is 4.62. The van der Waals surface area contributed by atoms with Crippen LogP contribution in [0, 0.1) is 0 Å². The van der Waals surface area contributed by atoms with E-state index in [0.29, 0.717) is 17.5 Å². The Labute approximate surface area is 188 Å². The summed E-state index contributed by atoms with van der Waals surface area (Å²) in [6.45, 7) is 10.1. The summed E-state index contributed by atoms with van der Waals surface area (Å²) in [5, 5.41) is 24.6. The van der Waals surface area contributed by atoms with Crippen LogP contribution < -0.4 is 0 Å². The standard InChI is InChI=1S/C19H17NO3S.C6H15N/c21-18-15(9-11-7-8-24-10-11)20-17-13-4-2-1-3-12(13)5-6-14(17)16(18)19(22)23;1-4-7(5-2)6-3/h5-8,10,21H,1-4,9H2,(H,22,23);4-6H2,1-3H3. The van der Waals surface area contributed by atoms with Crippen LogP contribution in [0.2, 0.25) is 0 Å². The van der Waals surface area contributed by atoms with E-state index >= 15 is 0 Å². The molecule has 3 aromatic rings. The van der Waals surface area contributed by atoms with Crippen LogP contribution in [0.4, 0.5) is 0 Å². The van der Waals surface area contributed by atoms with Gasteiger partial charge >= 0.3 is 5.97 Å². The highest BCUT2D eigenvalue weighted by Crippen LogP contribution is 2.35. The lowest BCUT2D eigenvalue weighted by Gasteiger charge is -2.19. The molecule has 2 heterocycles. The average Bonchev–Trinajstić information content (AvgIpc) is 3.29. The van der Waals surface area contributed by atoms with Crippen molar-refractivity contribution in [1.82, 2.24) is 9.88 Å². The van der Waals surface area contributed by atoms with E-state index in [0.717, 1.165) is 42.3 Å². The van der Waals surface area contributed by atoms with Gasteiger partial charge in [0.1, 0.15) is 5.56 Å². The first-order chi connectivity index (χ1) is 15.0. The number of pyridine rings is 1. The maximum absolute atomic E-state index is 11.8. The molecule has 0 aliphatic heterocycles. The van der Waals surface area contributed by atoms with Crippen molar-refractivity contribution in [3.05, 3.63) is 56.9 Å². The normalized spacial score (nSPS) is 13.0. The highest BCUT2D eigenvalue weighted by Gasteiger charge is 2.23. The van der Waals surface area contributed by atoms with Gasteiger partial charge in [0.05, 0.1) is 11.2 Å². The van der Waals surface area contributed by atoms with Crippen LogP contribution in [0.1, 0.15) is 66.4 Å². The number of carboxylic acids is 1. The fraction of sp³-hybridized carbons (Fsp3) is 0.440. The van der Waals surface area contributed by atoms with Crippen LogP contribution in [-0.4, -0.2) is 45.7 Å². The number of aromatic nitrogens is 1. The molecule has 4 rings (SSSR count). The topological polar surface area (TPSA) is 73.7 Å². The third-order valence-electron chi connectivity index (χ3n) is 6.04. The van der Waals surface area contributed by atoms with Gasteiger partial charge in [0.2, 0.25) is 0 Å². The lowest BCUT2D eigenvalue weighted by molar-refractivity contribution is 0.0695. The first-order valence-electron chi connectivity index (χ1n) is 11.1. The molecule has 5 nitrogen and oxygen atoms in total. The number of carbonyl (C=O) groups is 1. The Kier molecular flexibility index (Phi) is 8.04. The second kappa shape index (κ2) is 10.7. The molecule has 166 valence electrons. The highest BCUT2D eigenvalue weighted by molar-refractivity contribution is 7.07. The molecule has 0 spiro atoms. The fourth-order valence-corrected chi connectivity index (χ4v) is 4.86. The van der Waals surface area contributed by atoms with E-state index < -0.39 is 5.97 Å². The maximum Gasteiger partial charge on any atom is 0.340 e. The first kappa shape index (κ1) is 23.2. The number of aryl methyl sites for hydroxylation is 2. The summed E-state index contributed by atoms with van der Waals surface area (Å²) in [5.74, 6) is -1.32. The number of aromatic carboxylic acids is 1. The van der Waals surface area contributed by atoms with E-state index in [9.17, 15) is 15.0 Å². The van der Waals surface area contributed by atoms with E-state index in [2.05, 4.69) is 25.7 Å². The highest BCUT2D eigenvalue weighted by atomic mass is 32.1. The van der Waals surface area contributed by atoms with E-state index in [-0.39, 0.29) is 11.3 Å². The monoisotopic (exact) mass is 440 g/mol. The second-order valence-electron chi connectivity index (χ2n) is 7.82. The van der Waals surface area contributed by atoms with Crippen molar-refractivity contribution >= 4 is 28.2 Å². The van der Waals surface area contributed by atoms with E-state index in [1.54, 1.807) is 17.4 Å². The number of fused-ring (bicyclic) bond motifs is 3. The molecule has 2 N–H and O–H groups in total. The molecular weight excluding hydrogens is 408 g/mol. The SMILES string of the molecule is CCN(CC)CC.O=C(O)c1c(O)c(Cc2ccsc2)nc2c3c(ccc12)CCCC3. The molecule has 0 saturated heterocycles. The lowest BCUT2D eigenvalue weighted by Crippen LogP contribution is -2.21. The van der Waals surface area contributed by atoms with Crippen LogP contribution in [0.15, 0.2) is 29.0 Å². The molecular formula is C25H32N2O3S. The van der Waals surface area contributed by atoms with E-state index in [4.69, 9.17) is 4.98 Å². The smallest absolute Gasteiger partial charge is 0.340 e. The van der Waals surface area contributed by atoms with Gasteiger partial charge in [-0.05, 0) is 78.8 Å². The van der Waals surface area contributed by atoms with Crippen LogP contribution >= 0.6 is 11.3 Å². The maximum atomic E-state index is 11.8. The summed E-state index contributed by atoms with van der Waals surface area (Å²) in [6, 6.07) is 5.75. The summed E-state index contributed by atoms with van der Waals surface area (Å²) in [5.41, 5.74) is 4.59. The Bertz CT molecular complexity index is 1020. The van der Waals surface area contributed by atoms with Crippen LogP contribution in [-0.2, 0) is 19.3 Å². The zero-order chi connectivity index (χ0) is 22.4. The van der Waals surface area contributed by atoms with Gasteiger partial charge in [-0.15, -0.1) is 0 Å². The number of hydrogen-bond donors (Lipinski definition) is 2. The van der Waals surface area contributed by atoms with Gasteiger partial charge in [0.25, 0.3) is 0 Å². The molecule has 0 amide bonds. The van der Waals surface area contributed by atoms with Gasteiger partial charge in [-0.25, -0.2) is 9.78 Å². The number of thiophene rings is 1. The Morgan fingerprint density at radius 1 is 1.10 bits per heavy atom. The molecule has 0 bridgehead atoms. The molecule has 2 aromatic heterocycles. The number of carboxylic acid groups (broad SMARTS) is 1. The van der Waals surface area contributed by atoms with E-state index in [1.165, 1.54) is 25.2 Å². The lowest BCUT2D eigenvalue weighted by atomic mass is 9.88. The van der Waals surface area contributed by atoms with Crippen molar-refractivity contribution in [2.24, 2.45) is 0 Å². The molecule has 1 aromatic carbocycles. The zero-order valence-electron chi connectivity index (χ0n) is 18.6. The van der Waals surface area contributed by atoms with Crippen molar-refractivity contribution < 1.29 is 15.0 Å². The summed E-state index contributed by atoms with van der Waals surface area (Å²) in [7, 11) is 0. The molecule has 0 saturated carbocycles. The molecule has 0 radical (unpaired) electrons. The van der Waals surface area contributed by atoms with Crippen LogP contribution in [0.5, 0.6) is 5.75 Å². The number of hydrogen-bond acceptors (Lipinski definition) is 5. The predicted molar refractivity (Wildman–Crippen MR) is 128 cm³/mol. The number of aromatic hydroxyl groups is 1. The Balaban J connectivity index is 0.000000339. The van der Waals surface area contributed by atoms with Crippen LogP contribution in [0.3, 0.4) is 0 Å².